The third-order valence-electron chi connectivity index (χ3n) is 3.50. The lowest BCUT2D eigenvalue weighted by Crippen LogP contribution is -2.45. The van der Waals surface area contributed by atoms with Gasteiger partial charge in [-0.3, -0.25) is 0 Å². The first-order chi connectivity index (χ1) is 8.28. The normalized spacial score (nSPS) is 27.1. The molecule has 1 aliphatic rings. The minimum atomic E-state index is -2.94. The SMILES string of the molecule is Cc1cc(C)c(C2CS(=O)(=O)CC(C)N2)c(C)c1. The molecular formula is C14H21NO2S. The van der Waals surface area contributed by atoms with Gasteiger partial charge in [-0.15, -0.1) is 0 Å². The molecule has 0 radical (unpaired) electrons. The molecule has 1 saturated heterocycles. The zero-order valence-electron chi connectivity index (χ0n) is 11.4. The van der Waals surface area contributed by atoms with Gasteiger partial charge in [-0.25, -0.2) is 8.42 Å². The van der Waals surface area contributed by atoms with Crippen LogP contribution in [0.15, 0.2) is 12.1 Å². The molecule has 0 spiro atoms. The Labute approximate surface area is 110 Å². The van der Waals surface area contributed by atoms with Crippen molar-refractivity contribution in [3.63, 3.8) is 0 Å². The molecule has 0 saturated carbocycles. The van der Waals surface area contributed by atoms with Gasteiger partial charge in [-0.1, -0.05) is 17.7 Å². The quantitative estimate of drug-likeness (QED) is 0.847. The lowest BCUT2D eigenvalue weighted by molar-refractivity contribution is 0.466. The summed E-state index contributed by atoms with van der Waals surface area (Å²) in [6.07, 6.45) is 0. The molecule has 0 aliphatic carbocycles. The number of nitrogens with one attached hydrogen (secondary N) is 1. The topological polar surface area (TPSA) is 46.2 Å². The van der Waals surface area contributed by atoms with Gasteiger partial charge in [0, 0.05) is 12.1 Å². The van der Waals surface area contributed by atoms with E-state index in [1.807, 2.05) is 6.92 Å². The van der Waals surface area contributed by atoms with Crippen molar-refractivity contribution >= 4 is 9.84 Å². The fourth-order valence-corrected chi connectivity index (χ4v) is 4.81. The highest BCUT2D eigenvalue weighted by Gasteiger charge is 2.31. The van der Waals surface area contributed by atoms with Crippen LogP contribution in [0.4, 0.5) is 0 Å². The van der Waals surface area contributed by atoms with E-state index in [1.54, 1.807) is 0 Å². The number of sulfone groups is 1. The first-order valence-corrected chi connectivity index (χ1v) is 8.15. The summed E-state index contributed by atoms with van der Waals surface area (Å²) in [4.78, 5) is 0. The first kappa shape index (κ1) is 13.6. The third-order valence-corrected chi connectivity index (χ3v) is 5.35. The van der Waals surface area contributed by atoms with Gasteiger partial charge >= 0.3 is 0 Å². The van der Waals surface area contributed by atoms with Crippen molar-refractivity contribution < 1.29 is 8.42 Å². The summed E-state index contributed by atoms with van der Waals surface area (Å²) in [7, 11) is -2.94. The van der Waals surface area contributed by atoms with Crippen LogP contribution in [0.5, 0.6) is 0 Å². The molecule has 2 rings (SSSR count). The van der Waals surface area contributed by atoms with Crippen molar-refractivity contribution in [1.82, 2.24) is 5.32 Å². The second-order valence-electron chi connectivity index (χ2n) is 5.51. The van der Waals surface area contributed by atoms with Gasteiger partial charge in [-0.05, 0) is 44.4 Å². The highest BCUT2D eigenvalue weighted by molar-refractivity contribution is 7.91. The maximum Gasteiger partial charge on any atom is 0.153 e. The van der Waals surface area contributed by atoms with Crippen LogP contribution in [-0.4, -0.2) is 26.0 Å². The van der Waals surface area contributed by atoms with Crippen LogP contribution in [0.3, 0.4) is 0 Å². The predicted molar refractivity (Wildman–Crippen MR) is 74.6 cm³/mol. The standard InChI is InChI=1S/C14H21NO2S/c1-9-5-10(2)14(11(3)6-9)13-8-18(16,17)7-12(4)15-13/h5-6,12-13,15H,7-8H2,1-4H3. The summed E-state index contributed by atoms with van der Waals surface area (Å²) in [5.74, 6) is 0.454. The number of aryl methyl sites for hydroxylation is 3. The van der Waals surface area contributed by atoms with Gasteiger partial charge in [0.05, 0.1) is 11.5 Å². The zero-order chi connectivity index (χ0) is 13.5. The van der Waals surface area contributed by atoms with Gasteiger partial charge in [0.25, 0.3) is 0 Å². The second kappa shape index (κ2) is 4.67. The fraction of sp³-hybridized carbons (Fsp3) is 0.571. The highest BCUT2D eigenvalue weighted by Crippen LogP contribution is 2.27. The zero-order valence-corrected chi connectivity index (χ0v) is 12.3. The number of benzene rings is 1. The van der Waals surface area contributed by atoms with Gasteiger partial charge < -0.3 is 5.32 Å². The minimum Gasteiger partial charge on any atom is -0.306 e. The Balaban J connectivity index is 2.43. The Morgan fingerprint density at radius 3 is 2.17 bits per heavy atom. The molecule has 18 heavy (non-hydrogen) atoms. The highest BCUT2D eigenvalue weighted by atomic mass is 32.2. The largest absolute Gasteiger partial charge is 0.306 e. The predicted octanol–water partition coefficient (Wildman–Crippen LogP) is 2.06. The maximum atomic E-state index is 11.9. The average Bonchev–Trinajstić information content (AvgIpc) is 2.11. The van der Waals surface area contributed by atoms with Gasteiger partial charge in [0.2, 0.25) is 0 Å². The number of rotatable bonds is 1. The molecule has 1 fully saturated rings. The van der Waals surface area contributed by atoms with E-state index in [0.717, 1.165) is 5.56 Å². The number of hydrogen-bond acceptors (Lipinski definition) is 3. The van der Waals surface area contributed by atoms with E-state index < -0.39 is 9.84 Å². The van der Waals surface area contributed by atoms with E-state index in [9.17, 15) is 8.42 Å². The second-order valence-corrected chi connectivity index (χ2v) is 7.66. The molecule has 1 aromatic rings. The van der Waals surface area contributed by atoms with Crippen molar-refractivity contribution in [2.24, 2.45) is 0 Å². The van der Waals surface area contributed by atoms with Crippen LogP contribution in [0.25, 0.3) is 0 Å². The summed E-state index contributed by atoms with van der Waals surface area (Å²) in [6.45, 7) is 8.12. The molecule has 1 N–H and O–H groups in total. The monoisotopic (exact) mass is 267 g/mol. The van der Waals surface area contributed by atoms with Crippen LogP contribution < -0.4 is 5.32 Å². The van der Waals surface area contributed by atoms with E-state index >= 15 is 0 Å². The Hall–Kier alpha value is -0.870. The van der Waals surface area contributed by atoms with Crippen LogP contribution in [-0.2, 0) is 9.84 Å². The van der Waals surface area contributed by atoms with Crippen molar-refractivity contribution in [2.45, 2.75) is 39.8 Å². The molecule has 0 aromatic heterocycles. The molecule has 3 nitrogen and oxygen atoms in total. The molecule has 0 amide bonds. The third kappa shape index (κ3) is 2.75. The van der Waals surface area contributed by atoms with E-state index in [4.69, 9.17) is 0 Å². The van der Waals surface area contributed by atoms with Crippen molar-refractivity contribution in [1.29, 1.82) is 0 Å². The van der Waals surface area contributed by atoms with Gasteiger partial charge in [0.15, 0.2) is 9.84 Å². The Kier molecular flexibility index (Phi) is 3.52. The average molecular weight is 267 g/mol. The fourth-order valence-electron chi connectivity index (χ4n) is 3.05. The summed E-state index contributed by atoms with van der Waals surface area (Å²) in [5, 5.41) is 3.41. The lowest BCUT2D eigenvalue weighted by atomic mass is 9.94. The molecule has 100 valence electrons. The first-order valence-electron chi connectivity index (χ1n) is 6.33. The van der Waals surface area contributed by atoms with Crippen LogP contribution >= 0.6 is 0 Å². The molecule has 4 heteroatoms. The minimum absolute atomic E-state index is 0.0221. The maximum absolute atomic E-state index is 11.9. The Morgan fingerprint density at radius 1 is 1.11 bits per heavy atom. The summed E-state index contributed by atoms with van der Waals surface area (Å²) >= 11 is 0. The van der Waals surface area contributed by atoms with E-state index in [2.05, 4.69) is 38.2 Å². The summed E-state index contributed by atoms with van der Waals surface area (Å²) in [6, 6.07) is 4.19. The lowest BCUT2D eigenvalue weighted by Gasteiger charge is -2.31. The van der Waals surface area contributed by atoms with Crippen molar-refractivity contribution in [2.75, 3.05) is 11.5 Å². The van der Waals surface area contributed by atoms with Crippen molar-refractivity contribution in [3.8, 4) is 0 Å². The molecule has 1 heterocycles. The van der Waals surface area contributed by atoms with Gasteiger partial charge in [0.1, 0.15) is 0 Å². The molecule has 2 atom stereocenters. The number of hydrogen-bond donors (Lipinski definition) is 1. The molecule has 1 aliphatic heterocycles. The molecule has 2 unspecified atom stereocenters. The molecule has 1 aromatic carbocycles. The summed E-state index contributed by atoms with van der Waals surface area (Å²) in [5.41, 5.74) is 4.72. The Bertz CT molecular complexity index is 540. The molecule has 0 bridgehead atoms. The van der Waals surface area contributed by atoms with Crippen molar-refractivity contribution in [3.05, 3.63) is 34.4 Å². The smallest absolute Gasteiger partial charge is 0.153 e. The van der Waals surface area contributed by atoms with Crippen LogP contribution in [0.1, 0.15) is 35.2 Å². The van der Waals surface area contributed by atoms with Gasteiger partial charge in [-0.2, -0.15) is 0 Å². The Morgan fingerprint density at radius 2 is 1.67 bits per heavy atom. The van der Waals surface area contributed by atoms with Crippen LogP contribution in [0, 0.1) is 20.8 Å². The van der Waals surface area contributed by atoms with Crippen LogP contribution in [0.2, 0.25) is 0 Å². The molecular weight excluding hydrogens is 246 g/mol. The van der Waals surface area contributed by atoms with E-state index in [0.29, 0.717) is 0 Å². The summed E-state index contributed by atoms with van der Waals surface area (Å²) < 4.78 is 23.8. The van der Waals surface area contributed by atoms with E-state index in [-0.39, 0.29) is 23.6 Å². The van der Waals surface area contributed by atoms with E-state index in [1.165, 1.54) is 16.7 Å².